The minimum atomic E-state index is -3.78. The van der Waals surface area contributed by atoms with Crippen molar-refractivity contribution in [2.24, 2.45) is 5.73 Å². The number of benzene rings is 2. The maximum atomic E-state index is 12.9. The summed E-state index contributed by atoms with van der Waals surface area (Å²) in [6, 6.07) is 8.36. The van der Waals surface area contributed by atoms with Gasteiger partial charge >= 0.3 is 10.2 Å². The van der Waals surface area contributed by atoms with Crippen LogP contribution in [0.5, 0.6) is 0 Å². The van der Waals surface area contributed by atoms with Gasteiger partial charge in [0, 0.05) is 31.4 Å². The molecule has 0 aromatic heterocycles. The van der Waals surface area contributed by atoms with Crippen LogP contribution in [0.4, 0.5) is 0 Å². The SMILES string of the molecule is Cc1c(C(N)=O)ccc2cc(C(=O)C3=CNCN3S(=O)(=O)N(C)C)ccc12. The third kappa shape index (κ3) is 3.15. The molecule has 3 N–H and O–H groups in total. The van der Waals surface area contributed by atoms with Gasteiger partial charge in [0.05, 0.1) is 0 Å². The van der Waals surface area contributed by atoms with Gasteiger partial charge in [0.2, 0.25) is 11.7 Å². The number of Topliss-reactive ketones (excluding diaryl/α,β-unsaturated/α-hetero) is 1. The van der Waals surface area contributed by atoms with Gasteiger partial charge in [0.1, 0.15) is 12.4 Å². The number of hydrogen-bond acceptors (Lipinski definition) is 5. The summed E-state index contributed by atoms with van der Waals surface area (Å²) in [7, 11) is -0.964. The molecule has 2 aromatic rings. The second kappa shape index (κ2) is 6.67. The molecule has 0 saturated carbocycles. The molecule has 1 aliphatic rings. The number of ketones is 1. The maximum absolute atomic E-state index is 12.9. The highest BCUT2D eigenvalue weighted by Crippen LogP contribution is 2.26. The third-order valence-electron chi connectivity index (χ3n) is 4.53. The molecule has 0 saturated heterocycles. The van der Waals surface area contributed by atoms with E-state index in [2.05, 4.69) is 5.32 Å². The van der Waals surface area contributed by atoms with Crippen LogP contribution < -0.4 is 11.1 Å². The van der Waals surface area contributed by atoms with Gasteiger partial charge in [-0.2, -0.15) is 12.7 Å². The van der Waals surface area contributed by atoms with Crippen molar-refractivity contribution >= 4 is 32.7 Å². The van der Waals surface area contributed by atoms with E-state index in [-0.39, 0.29) is 12.4 Å². The largest absolute Gasteiger partial charge is 0.371 e. The molecule has 0 radical (unpaired) electrons. The first-order chi connectivity index (χ1) is 12.6. The highest BCUT2D eigenvalue weighted by atomic mass is 32.2. The standard InChI is InChI=1S/C18H20N4O4S/c1-11-14-6-5-13(8-12(14)4-7-15(11)18(19)24)17(23)16-9-20-10-22(16)27(25,26)21(2)3/h4-9,20H,10H2,1-3H3,(H2,19,24). The van der Waals surface area contributed by atoms with E-state index in [1.807, 2.05) is 0 Å². The number of aryl methyl sites for hydroxylation is 1. The van der Waals surface area contributed by atoms with E-state index >= 15 is 0 Å². The van der Waals surface area contributed by atoms with Gasteiger partial charge in [0.25, 0.3) is 0 Å². The van der Waals surface area contributed by atoms with Crippen LogP contribution in [-0.4, -0.2) is 49.5 Å². The number of nitrogens with zero attached hydrogens (tertiary/aromatic N) is 2. The molecule has 142 valence electrons. The van der Waals surface area contributed by atoms with Crippen LogP contribution in [0.15, 0.2) is 42.2 Å². The Morgan fingerprint density at radius 3 is 2.52 bits per heavy atom. The molecular weight excluding hydrogens is 368 g/mol. The van der Waals surface area contributed by atoms with E-state index in [4.69, 9.17) is 5.73 Å². The van der Waals surface area contributed by atoms with E-state index < -0.39 is 21.9 Å². The maximum Gasteiger partial charge on any atom is 0.305 e. The summed E-state index contributed by atoms with van der Waals surface area (Å²) >= 11 is 0. The second-order valence-electron chi connectivity index (χ2n) is 6.40. The van der Waals surface area contributed by atoms with Gasteiger partial charge in [-0.15, -0.1) is 0 Å². The smallest absolute Gasteiger partial charge is 0.305 e. The van der Waals surface area contributed by atoms with Crippen molar-refractivity contribution in [2.75, 3.05) is 20.8 Å². The Bertz CT molecular complexity index is 1090. The normalized spacial score (nSPS) is 14.4. The molecule has 3 rings (SSSR count). The number of primary amides is 1. The minimum Gasteiger partial charge on any atom is -0.371 e. The molecule has 1 amide bonds. The van der Waals surface area contributed by atoms with Gasteiger partial charge in [-0.25, -0.2) is 4.31 Å². The first-order valence-corrected chi connectivity index (χ1v) is 9.56. The molecular formula is C18H20N4O4S. The lowest BCUT2D eigenvalue weighted by molar-refractivity contribution is 0.0995. The van der Waals surface area contributed by atoms with E-state index in [0.29, 0.717) is 11.1 Å². The van der Waals surface area contributed by atoms with Crippen molar-refractivity contribution in [3.05, 3.63) is 58.9 Å². The zero-order chi connectivity index (χ0) is 19.9. The first kappa shape index (κ1) is 18.9. The van der Waals surface area contributed by atoms with Gasteiger partial charge in [-0.05, 0) is 35.4 Å². The topological polar surface area (TPSA) is 113 Å². The average molecular weight is 388 g/mol. The molecule has 1 aliphatic heterocycles. The Labute approximate surface area is 157 Å². The minimum absolute atomic E-state index is 0.00372. The van der Waals surface area contributed by atoms with E-state index in [1.54, 1.807) is 37.3 Å². The Hall–Kier alpha value is -2.91. The van der Waals surface area contributed by atoms with Gasteiger partial charge in [-0.3, -0.25) is 9.59 Å². The molecule has 2 aromatic carbocycles. The summed E-state index contributed by atoms with van der Waals surface area (Å²) in [6.07, 6.45) is 1.40. The van der Waals surface area contributed by atoms with Crippen molar-refractivity contribution in [3.8, 4) is 0 Å². The summed E-state index contributed by atoms with van der Waals surface area (Å²) < 4.78 is 26.9. The molecule has 0 bridgehead atoms. The van der Waals surface area contributed by atoms with E-state index in [9.17, 15) is 18.0 Å². The van der Waals surface area contributed by atoms with Gasteiger partial charge in [0.15, 0.2) is 0 Å². The fourth-order valence-electron chi connectivity index (χ4n) is 3.01. The summed E-state index contributed by atoms with van der Waals surface area (Å²) in [4.78, 5) is 24.4. The van der Waals surface area contributed by atoms with Crippen molar-refractivity contribution in [1.29, 1.82) is 0 Å². The number of fused-ring (bicyclic) bond motifs is 1. The average Bonchev–Trinajstić information content (AvgIpc) is 3.11. The molecule has 0 spiro atoms. The molecule has 8 nitrogen and oxygen atoms in total. The molecule has 1 heterocycles. The lowest BCUT2D eigenvalue weighted by Crippen LogP contribution is -2.41. The van der Waals surface area contributed by atoms with E-state index in [0.717, 1.165) is 24.9 Å². The fraction of sp³-hybridized carbons (Fsp3) is 0.222. The van der Waals surface area contributed by atoms with Crippen molar-refractivity contribution in [3.63, 3.8) is 0 Å². The Kier molecular flexibility index (Phi) is 4.66. The third-order valence-corrected chi connectivity index (χ3v) is 6.34. The Morgan fingerprint density at radius 1 is 1.19 bits per heavy atom. The van der Waals surface area contributed by atoms with Crippen LogP contribution >= 0.6 is 0 Å². The van der Waals surface area contributed by atoms with Crippen LogP contribution in [0.2, 0.25) is 0 Å². The van der Waals surface area contributed by atoms with Crippen molar-refractivity contribution in [1.82, 2.24) is 13.9 Å². The fourth-order valence-corrected chi connectivity index (χ4v) is 4.02. The zero-order valence-electron chi connectivity index (χ0n) is 15.2. The number of rotatable bonds is 5. The van der Waals surface area contributed by atoms with Crippen LogP contribution in [0.3, 0.4) is 0 Å². The lowest BCUT2D eigenvalue weighted by Gasteiger charge is -2.24. The highest BCUT2D eigenvalue weighted by Gasteiger charge is 2.33. The number of hydrogen-bond donors (Lipinski definition) is 2. The van der Waals surface area contributed by atoms with E-state index in [1.165, 1.54) is 20.3 Å². The van der Waals surface area contributed by atoms with Crippen molar-refractivity contribution in [2.45, 2.75) is 6.92 Å². The lowest BCUT2D eigenvalue weighted by atomic mass is 9.96. The van der Waals surface area contributed by atoms with Crippen LogP contribution in [0.1, 0.15) is 26.3 Å². The Balaban J connectivity index is 2.01. The van der Waals surface area contributed by atoms with Crippen LogP contribution in [0, 0.1) is 6.92 Å². The molecule has 0 fully saturated rings. The number of amides is 1. The number of nitrogens with two attached hydrogens (primary N) is 1. The number of nitrogens with one attached hydrogen (secondary N) is 1. The summed E-state index contributed by atoms with van der Waals surface area (Å²) in [5.41, 5.74) is 6.93. The molecule has 0 unspecified atom stereocenters. The molecule has 9 heteroatoms. The number of carbonyl (C=O) groups excluding carboxylic acids is 2. The molecule has 0 atom stereocenters. The molecule has 27 heavy (non-hydrogen) atoms. The quantitative estimate of drug-likeness (QED) is 0.740. The molecule has 0 aliphatic carbocycles. The summed E-state index contributed by atoms with van der Waals surface area (Å²) in [6.45, 7) is 1.79. The van der Waals surface area contributed by atoms with Crippen molar-refractivity contribution < 1.29 is 18.0 Å². The van der Waals surface area contributed by atoms with Gasteiger partial charge < -0.3 is 11.1 Å². The number of carbonyl (C=O) groups is 2. The van der Waals surface area contributed by atoms with Crippen LogP contribution in [-0.2, 0) is 10.2 Å². The Morgan fingerprint density at radius 2 is 1.89 bits per heavy atom. The predicted molar refractivity (Wildman–Crippen MR) is 102 cm³/mol. The summed E-state index contributed by atoms with van der Waals surface area (Å²) in [5.74, 6) is -0.926. The second-order valence-corrected chi connectivity index (χ2v) is 8.46. The zero-order valence-corrected chi connectivity index (χ0v) is 16.0. The first-order valence-electron chi connectivity index (χ1n) is 8.16. The van der Waals surface area contributed by atoms with Crippen LogP contribution in [0.25, 0.3) is 10.8 Å². The number of allylic oxidation sites excluding steroid dienone is 1. The monoisotopic (exact) mass is 388 g/mol. The van der Waals surface area contributed by atoms with Gasteiger partial charge in [-0.1, -0.05) is 18.2 Å². The highest BCUT2D eigenvalue weighted by molar-refractivity contribution is 7.86. The summed E-state index contributed by atoms with van der Waals surface area (Å²) in [5, 5.41) is 4.35. The predicted octanol–water partition coefficient (Wildman–Crippen LogP) is 0.940.